The number of nitrogens with zero attached hydrogens (tertiary/aromatic N) is 2. The Morgan fingerprint density at radius 1 is 1.11 bits per heavy atom. The normalized spacial score (nSPS) is 15.0. The third-order valence-corrected chi connectivity index (χ3v) is 4.35. The van der Waals surface area contributed by atoms with Gasteiger partial charge in [-0.05, 0) is 26.8 Å². The van der Waals surface area contributed by atoms with Crippen molar-refractivity contribution in [3.63, 3.8) is 0 Å². The van der Waals surface area contributed by atoms with Gasteiger partial charge in [0.1, 0.15) is 6.54 Å². The second-order valence-electron chi connectivity index (χ2n) is 7.72. The molecule has 0 aliphatic carbocycles. The van der Waals surface area contributed by atoms with Gasteiger partial charge in [0.15, 0.2) is 0 Å². The predicted octanol–water partition coefficient (Wildman–Crippen LogP) is 1.60. The van der Waals surface area contributed by atoms with Gasteiger partial charge in [-0.2, -0.15) is 0 Å². The molecule has 1 saturated heterocycles. The number of carbonyl (C=O) groups excluding carboxylic acids is 3. The molecule has 1 aromatic heterocycles. The number of hydrogen-bond acceptors (Lipinski definition) is 4. The maximum atomic E-state index is 12.8. The van der Waals surface area contributed by atoms with Gasteiger partial charge in [-0.1, -0.05) is 18.2 Å². The third kappa shape index (κ3) is 4.36. The first-order chi connectivity index (χ1) is 12.8. The summed E-state index contributed by atoms with van der Waals surface area (Å²) in [6.45, 7) is 7.52. The summed E-state index contributed by atoms with van der Waals surface area (Å²) in [6.07, 6.45) is 1.60. The van der Waals surface area contributed by atoms with E-state index in [1.807, 2.05) is 39.0 Å². The molecule has 2 aromatic rings. The Kier molecular flexibility index (Phi) is 5.32. The lowest BCUT2D eigenvalue weighted by molar-refractivity contribution is -0.130. The van der Waals surface area contributed by atoms with E-state index < -0.39 is 11.7 Å². The van der Waals surface area contributed by atoms with Crippen LogP contribution in [0.5, 0.6) is 0 Å². The van der Waals surface area contributed by atoms with Crippen molar-refractivity contribution in [3.8, 4) is 0 Å². The number of aromatic nitrogens is 1. The molecule has 0 unspecified atom stereocenters. The van der Waals surface area contributed by atoms with Crippen molar-refractivity contribution in [1.82, 2.24) is 14.8 Å². The summed E-state index contributed by atoms with van der Waals surface area (Å²) in [5.41, 5.74) is 0.732. The predicted molar refractivity (Wildman–Crippen MR) is 102 cm³/mol. The number of Topliss-reactive ketones (excluding diaryl/α,β-unsaturated/α-hetero) is 1. The molecule has 7 heteroatoms. The Morgan fingerprint density at radius 3 is 2.44 bits per heavy atom. The van der Waals surface area contributed by atoms with Gasteiger partial charge in [-0.25, -0.2) is 0 Å². The largest absolute Gasteiger partial charge is 0.378 e. The van der Waals surface area contributed by atoms with Crippen molar-refractivity contribution in [2.75, 3.05) is 26.3 Å². The minimum atomic E-state index is -0.553. The molecule has 2 amide bonds. The van der Waals surface area contributed by atoms with E-state index in [1.165, 1.54) is 4.90 Å². The van der Waals surface area contributed by atoms with Crippen LogP contribution in [-0.2, 0) is 20.9 Å². The minimum Gasteiger partial charge on any atom is -0.378 e. The average Bonchev–Trinajstić information content (AvgIpc) is 2.98. The van der Waals surface area contributed by atoms with Crippen molar-refractivity contribution in [3.05, 3.63) is 36.0 Å². The molecule has 3 rings (SSSR count). The van der Waals surface area contributed by atoms with Gasteiger partial charge in [0.25, 0.3) is 11.7 Å². The average molecular weight is 371 g/mol. The highest BCUT2D eigenvalue weighted by Crippen LogP contribution is 2.22. The van der Waals surface area contributed by atoms with E-state index in [1.54, 1.807) is 16.8 Å². The molecule has 1 aliphatic heterocycles. The van der Waals surface area contributed by atoms with E-state index in [0.717, 1.165) is 5.52 Å². The lowest BCUT2D eigenvalue weighted by Gasteiger charge is -2.25. The second-order valence-corrected chi connectivity index (χ2v) is 7.72. The van der Waals surface area contributed by atoms with E-state index >= 15 is 0 Å². The van der Waals surface area contributed by atoms with Gasteiger partial charge in [-0.15, -0.1) is 0 Å². The molecule has 1 N–H and O–H groups in total. The minimum absolute atomic E-state index is 0.0802. The number of amides is 2. The van der Waals surface area contributed by atoms with Gasteiger partial charge >= 0.3 is 0 Å². The highest BCUT2D eigenvalue weighted by molar-refractivity contribution is 6.44. The number of nitrogens with one attached hydrogen (secondary N) is 1. The van der Waals surface area contributed by atoms with Crippen molar-refractivity contribution in [2.45, 2.75) is 32.9 Å². The number of benzene rings is 1. The summed E-state index contributed by atoms with van der Waals surface area (Å²) >= 11 is 0. The molecule has 7 nitrogen and oxygen atoms in total. The van der Waals surface area contributed by atoms with Crippen LogP contribution in [0.15, 0.2) is 30.5 Å². The first-order valence-electron chi connectivity index (χ1n) is 9.06. The maximum Gasteiger partial charge on any atom is 0.295 e. The van der Waals surface area contributed by atoms with Crippen LogP contribution >= 0.6 is 0 Å². The molecule has 144 valence electrons. The summed E-state index contributed by atoms with van der Waals surface area (Å²) in [5, 5.41) is 3.59. The molecule has 1 fully saturated rings. The molecule has 0 spiro atoms. The molecule has 2 heterocycles. The summed E-state index contributed by atoms with van der Waals surface area (Å²) in [5.74, 6) is -1.23. The van der Waals surface area contributed by atoms with Crippen LogP contribution in [0.1, 0.15) is 31.1 Å². The zero-order valence-corrected chi connectivity index (χ0v) is 15.9. The van der Waals surface area contributed by atoms with Gasteiger partial charge in [0.05, 0.1) is 18.8 Å². The van der Waals surface area contributed by atoms with Crippen LogP contribution in [0.4, 0.5) is 0 Å². The number of hydrogen-bond donors (Lipinski definition) is 1. The lowest BCUT2D eigenvalue weighted by atomic mass is 10.1. The van der Waals surface area contributed by atoms with Gasteiger partial charge in [-0.3, -0.25) is 14.4 Å². The highest BCUT2D eigenvalue weighted by atomic mass is 16.5. The number of ether oxygens (including phenoxy) is 1. The Balaban J connectivity index is 1.89. The van der Waals surface area contributed by atoms with E-state index in [0.29, 0.717) is 37.3 Å². The van der Waals surface area contributed by atoms with Crippen molar-refractivity contribution >= 4 is 28.5 Å². The van der Waals surface area contributed by atoms with Crippen LogP contribution in [-0.4, -0.2) is 58.9 Å². The lowest BCUT2D eigenvalue weighted by Crippen LogP contribution is -2.44. The fourth-order valence-electron chi connectivity index (χ4n) is 3.20. The number of para-hydroxylation sites is 1. The Hall–Kier alpha value is -2.67. The zero-order valence-electron chi connectivity index (χ0n) is 15.9. The summed E-state index contributed by atoms with van der Waals surface area (Å²) < 4.78 is 6.96. The fraction of sp³-hybridized carbons (Fsp3) is 0.450. The first kappa shape index (κ1) is 19.1. The molecule has 0 saturated carbocycles. The van der Waals surface area contributed by atoms with E-state index in [9.17, 15) is 14.4 Å². The standard InChI is InChI=1S/C20H25N3O4/c1-20(2,3)21-17(24)13-23-12-15(14-6-4-5-7-16(14)23)18(25)19(26)22-8-10-27-11-9-22/h4-7,12H,8-11,13H2,1-3H3,(H,21,24). The topological polar surface area (TPSA) is 80.6 Å². The molecule has 1 aromatic carbocycles. The van der Waals surface area contributed by atoms with E-state index in [2.05, 4.69) is 5.32 Å². The third-order valence-electron chi connectivity index (χ3n) is 4.35. The number of rotatable bonds is 4. The molecular formula is C20H25N3O4. The number of morpholine rings is 1. The Bertz CT molecular complexity index is 873. The quantitative estimate of drug-likeness (QED) is 0.654. The second kappa shape index (κ2) is 7.52. The Labute approximate surface area is 158 Å². The maximum absolute atomic E-state index is 12.8. The summed E-state index contributed by atoms with van der Waals surface area (Å²) in [6, 6.07) is 7.31. The van der Waals surface area contributed by atoms with Crippen molar-refractivity contribution in [1.29, 1.82) is 0 Å². The molecular weight excluding hydrogens is 346 g/mol. The molecule has 0 atom stereocenters. The molecule has 27 heavy (non-hydrogen) atoms. The van der Waals surface area contributed by atoms with Crippen LogP contribution in [0.3, 0.4) is 0 Å². The van der Waals surface area contributed by atoms with Crippen LogP contribution in [0.2, 0.25) is 0 Å². The molecule has 0 radical (unpaired) electrons. The zero-order chi connectivity index (χ0) is 19.6. The first-order valence-corrected chi connectivity index (χ1v) is 9.06. The van der Waals surface area contributed by atoms with Crippen molar-refractivity contribution < 1.29 is 19.1 Å². The smallest absolute Gasteiger partial charge is 0.295 e. The number of fused-ring (bicyclic) bond motifs is 1. The fourth-order valence-corrected chi connectivity index (χ4v) is 3.20. The number of ketones is 1. The Morgan fingerprint density at radius 2 is 1.78 bits per heavy atom. The van der Waals surface area contributed by atoms with Crippen LogP contribution < -0.4 is 5.32 Å². The van der Waals surface area contributed by atoms with E-state index in [-0.39, 0.29) is 18.0 Å². The van der Waals surface area contributed by atoms with Crippen LogP contribution in [0, 0.1) is 0 Å². The molecule has 0 bridgehead atoms. The van der Waals surface area contributed by atoms with Gasteiger partial charge < -0.3 is 19.5 Å². The monoisotopic (exact) mass is 371 g/mol. The van der Waals surface area contributed by atoms with E-state index in [4.69, 9.17) is 4.74 Å². The van der Waals surface area contributed by atoms with Crippen molar-refractivity contribution in [2.24, 2.45) is 0 Å². The summed E-state index contributed by atoms with van der Waals surface area (Å²) in [4.78, 5) is 39.3. The number of carbonyl (C=O) groups is 3. The van der Waals surface area contributed by atoms with Gasteiger partial charge in [0, 0.05) is 35.7 Å². The summed E-state index contributed by atoms with van der Waals surface area (Å²) in [7, 11) is 0. The highest BCUT2D eigenvalue weighted by Gasteiger charge is 2.27. The molecule has 1 aliphatic rings. The van der Waals surface area contributed by atoms with Gasteiger partial charge in [0.2, 0.25) is 5.91 Å². The SMILES string of the molecule is CC(C)(C)NC(=O)Cn1cc(C(=O)C(=O)N2CCOCC2)c2ccccc21. The van der Waals surface area contributed by atoms with Crippen LogP contribution in [0.25, 0.3) is 10.9 Å².